The maximum absolute atomic E-state index is 12.3. The number of nitrogens with one attached hydrogen (secondary N) is 1. The Morgan fingerprint density at radius 1 is 1.11 bits per heavy atom. The molecule has 1 atom stereocenters. The first-order valence-corrected chi connectivity index (χ1v) is 9.57. The molecule has 0 unspecified atom stereocenters. The molecule has 1 heterocycles. The summed E-state index contributed by atoms with van der Waals surface area (Å²) in [5.74, 6) is 0.547. The van der Waals surface area contributed by atoms with Crippen molar-refractivity contribution in [2.24, 2.45) is 7.05 Å². The van der Waals surface area contributed by atoms with E-state index in [9.17, 15) is 9.90 Å². The normalized spacial score (nSPS) is 12.0. The molecule has 2 N–H and O–H groups in total. The van der Waals surface area contributed by atoms with Gasteiger partial charge in [-0.05, 0) is 30.5 Å². The number of hydrogen-bond donors (Lipinski definition) is 2. The van der Waals surface area contributed by atoms with Crippen molar-refractivity contribution in [2.75, 3.05) is 11.1 Å². The van der Waals surface area contributed by atoms with E-state index in [0.717, 1.165) is 22.4 Å². The van der Waals surface area contributed by atoms with Crippen molar-refractivity contribution in [3.05, 3.63) is 71.0 Å². The highest BCUT2D eigenvalue weighted by atomic mass is 32.2. The molecule has 27 heavy (non-hydrogen) atoms. The maximum Gasteiger partial charge on any atom is 0.234 e. The van der Waals surface area contributed by atoms with Gasteiger partial charge in [0.05, 0.1) is 5.75 Å². The average Bonchev–Trinajstić information content (AvgIpc) is 3.04. The van der Waals surface area contributed by atoms with E-state index in [-0.39, 0.29) is 11.7 Å². The third-order valence-electron chi connectivity index (χ3n) is 4.31. The van der Waals surface area contributed by atoms with Gasteiger partial charge in [0.1, 0.15) is 6.10 Å². The van der Waals surface area contributed by atoms with Gasteiger partial charge in [-0.3, -0.25) is 4.79 Å². The number of aromatic nitrogens is 3. The molecule has 3 aromatic rings. The molecule has 0 spiro atoms. The Balaban J connectivity index is 1.65. The molecule has 1 amide bonds. The third kappa shape index (κ3) is 4.37. The van der Waals surface area contributed by atoms with Crippen LogP contribution in [-0.2, 0) is 11.8 Å². The second-order valence-corrected chi connectivity index (χ2v) is 7.26. The highest BCUT2D eigenvalue weighted by Gasteiger charge is 2.19. The van der Waals surface area contributed by atoms with Gasteiger partial charge in [-0.25, -0.2) is 0 Å². The van der Waals surface area contributed by atoms with Gasteiger partial charge in [-0.2, -0.15) is 0 Å². The van der Waals surface area contributed by atoms with Crippen LogP contribution in [0.1, 0.15) is 28.6 Å². The van der Waals surface area contributed by atoms with E-state index < -0.39 is 6.10 Å². The van der Waals surface area contributed by atoms with Gasteiger partial charge in [0.15, 0.2) is 11.0 Å². The van der Waals surface area contributed by atoms with Gasteiger partial charge in [-0.1, -0.05) is 60.3 Å². The van der Waals surface area contributed by atoms with Gasteiger partial charge in [-0.15, -0.1) is 10.2 Å². The van der Waals surface area contributed by atoms with Crippen LogP contribution in [0.5, 0.6) is 0 Å². The van der Waals surface area contributed by atoms with Crippen molar-refractivity contribution >= 4 is 23.4 Å². The Bertz CT molecular complexity index is 920. The molecule has 0 aliphatic rings. The summed E-state index contributed by atoms with van der Waals surface area (Å²) in [6, 6.07) is 15.2. The van der Waals surface area contributed by atoms with E-state index in [2.05, 4.69) is 15.5 Å². The second-order valence-electron chi connectivity index (χ2n) is 6.32. The van der Waals surface area contributed by atoms with Crippen LogP contribution in [0.2, 0.25) is 0 Å². The fraction of sp³-hybridized carbons (Fsp3) is 0.250. The third-order valence-corrected chi connectivity index (χ3v) is 5.33. The molecule has 0 saturated carbocycles. The Kier molecular flexibility index (Phi) is 5.93. The lowest BCUT2D eigenvalue weighted by molar-refractivity contribution is -0.113. The highest BCUT2D eigenvalue weighted by Crippen LogP contribution is 2.24. The van der Waals surface area contributed by atoms with Crippen LogP contribution in [0.25, 0.3) is 0 Å². The van der Waals surface area contributed by atoms with E-state index in [1.807, 2.05) is 62.4 Å². The van der Waals surface area contributed by atoms with Gasteiger partial charge >= 0.3 is 0 Å². The molecule has 3 rings (SSSR count). The smallest absolute Gasteiger partial charge is 0.234 e. The van der Waals surface area contributed by atoms with E-state index in [1.54, 1.807) is 11.6 Å². The Morgan fingerprint density at radius 3 is 2.44 bits per heavy atom. The molecule has 0 bridgehead atoms. The molecule has 7 heteroatoms. The number of nitrogens with zero attached hydrogens (tertiary/aromatic N) is 3. The Morgan fingerprint density at radius 2 is 1.78 bits per heavy atom. The molecule has 0 fully saturated rings. The number of benzene rings is 2. The number of aliphatic hydroxyl groups excluding tert-OH is 1. The number of carbonyl (C=O) groups is 1. The van der Waals surface area contributed by atoms with Gasteiger partial charge in [0.25, 0.3) is 0 Å². The number of hydrogen-bond acceptors (Lipinski definition) is 5. The number of carbonyl (C=O) groups excluding carboxylic acids is 1. The molecule has 6 nitrogen and oxygen atoms in total. The molecule has 140 valence electrons. The van der Waals surface area contributed by atoms with Crippen molar-refractivity contribution in [1.82, 2.24) is 14.8 Å². The lowest BCUT2D eigenvalue weighted by Crippen LogP contribution is -2.16. The summed E-state index contributed by atoms with van der Waals surface area (Å²) < 4.78 is 1.72. The predicted octanol–water partition coefficient (Wildman–Crippen LogP) is 3.24. The van der Waals surface area contributed by atoms with E-state index >= 15 is 0 Å². The van der Waals surface area contributed by atoms with Crippen LogP contribution in [-0.4, -0.2) is 31.5 Å². The molecule has 2 aromatic carbocycles. The summed E-state index contributed by atoms with van der Waals surface area (Å²) in [6.07, 6.45) is -0.860. The summed E-state index contributed by atoms with van der Waals surface area (Å²) in [5.41, 5.74) is 3.65. The summed E-state index contributed by atoms with van der Waals surface area (Å²) in [6.45, 7) is 3.94. The van der Waals surface area contributed by atoms with Crippen LogP contribution in [0.15, 0.2) is 53.7 Å². The summed E-state index contributed by atoms with van der Waals surface area (Å²) >= 11 is 1.29. The minimum Gasteiger partial charge on any atom is -0.380 e. The van der Waals surface area contributed by atoms with Crippen LogP contribution in [0.4, 0.5) is 5.69 Å². The zero-order valence-corrected chi connectivity index (χ0v) is 16.3. The summed E-state index contributed by atoms with van der Waals surface area (Å²) in [5, 5.41) is 22.2. The number of aryl methyl sites for hydroxylation is 2. The van der Waals surface area contributed by atoms with Gasteiger partial charge < -0.3 is 15.0 Å². The molecule has 0 aliphatic heterocycles. The Labute approximate surface area is 162 Å². The largest absolute Gasteiger partial charge is 0.380 e. The van der Waals surface area contributed by atoms with Crippen LogP contribution in [0, 0.1) is 13.8 Å². The topological polar surface area (TPSA) is 80.0 Å². The van der Waals surface area contributed by atoms with Crippen LogP contribution in [0.3, 0.4) is 0 Å². The number of rotatable bonds is 6. The minimum absolute atomic E-state index is 0.106. The first-order valence-electron chi connectivity index (χ1n) is 8.58. The number of para-hydroxylation sites is 1. The monoisotopic (exact) mass is 382 g/mol. The fourth-order valence-electron chi connectivity index (χ4n) is 2.79. The molecule has 0 saturated heterocycles. The SMILES string of the molecule is Cc1cccc(C)c1NC(=O)CSc1nnc([C@H](O)c2ccccc2)n1C. The first-order chi connectivity index (χ1) is 13.0. The van der Waals surface area contributed by atoms with Crippen molar-refractivity contribution in [1.29, 1.82) is 0 Å². The van der Waals surface area contributed by atoms with Crippen LogP contribution >= 0.6 is 11.8 Å². The molecule has 0 aliphatic carbocycles. The summed E-state index contributed by atoms with van der Waals surface area (Å²) in [4.78, 5) is 12.3. The van der Waals surface area contributed by atoms with E-state index in [4.69, 9.17) is 0 Å². The van der Waals surface area contributed by atoms with Gasteiger partial charge in [0.2, 0.25) is 5.91 Å². The lowest BCUT2D eigenvalue weighted by Gasteiger charge is -2.12. The standard InChI is InChI=1S/C20H22N4O2S/c1-13-8-7-9-14(2)17(13)21-16(25)12-27-20-23-22-19(24(20)3)18(26)15-10-5-4-6-11-15/h4-11,18,26H,12H2,1-3H3,(H,21,25)/t18-/m1/s1. The van der Waals surface area contributed by atoms with E-state index in [0.29, 0.717) is 11.0 Å². The molecular weight excluding hydrogens is 360 g/mol. The van der Waals surface area contributed by atoms with Crippen molar-refractivity contribution < 1.29 is 9.90 Å². The fourth-order valence-corrected chi connectivity index (χ4v) is 3.51. The van der Waals surface area contributed by atoms with E-state index in [1.165, 1.54) is 11.8 Å². The van der Waals surface area contributed by atoms with Gasteiger partial charge in [0, 0.05) is 12.7 Å². The van der Waals surface area contributed by atoms with Crippen molar-refractivity contribution in [2.45, 2.75) is 25.1 Å². The number of anilines is 1. The minimum atomic E-state index is -0.860. The Hall–Kier alpha value is -2.64. The maximum atomic E-state index is 12.3. The van der Waals surface area contributed by atoms with Crippen LogP contribution < -0.4 is 5.32 Å². The average molecular weight is 382 g/mol. The highest BCUT2D eigenvalue weighted by molar-refractivity contribution is 7.99. The second kappa shape index (κ2) is 8.37. The first kappa shape index (κ1) is 19.1. The number of thioether (sulfide) groups is 1. The van der Waals surface area contributed by atoms with Crippen molar-refractivity contribution in [3.63, 3.8) is 0 Å². The molecular formula is C20H22N4O2S. The molecule has 0 radical (unpaired) electrons. The lowest BCUT2D eigenvalue weighted by atomic mass is 10.1. The number of aliphatic hydroxyl groups is 1. The quantitative estimate of drug-likeness (QED) is 0.640. The number of amides is 1. The zero-order valence-electron chi connectivity index (χ0n) is 15.5. The zero-order chi connectivity index (χ0) is 19.4. The summed E-state index contributed by atoms with van der Waals surface area (Å²) in [7, 11) is 1.78. The van der Waals surface area contributed by atoms with Crippen molar-refractivity contribution in [3.8, 4) is 0 Å². The predicted molar refractivity (Wildman–Crippen MR) is 107 cm³/mol. The molecule has 1 aromatic heterocycles.